The van der Waals surface area contributed by atoms with Crippen LogP contribution in [0.5, 0.6) is 5.75 Å². The van der Waals surface area contributed by atoms with Crippen molar-refractivity contribution in [2.45, 2.75) is 24.9 Å². The molecule has 3 aliphatic carbocycles. The highest BCUT2D eigenvalue weighted by Gasteiger charge is 2.59. The van der Waals surface area contributed by atoms with E-state index >= 15 is 0 Å². The van der Waals surface area contributed by atoms with Gasteiger partial charge in [0.25, 0.3) is 5.91 Å². The molecule has 8 heteroatoms. The Hall–Kier alpha value is -3.13. The first-order chi connectivity index (χ1) is 13.2. The number of ketones is 1. The zero-order chi connectivity index (χ0) is 20.4. The lowest BCUT2D eigenvalue weighted by Crippen LogP contribution is -2.61. The molecule has 6 N–H and O–H groups in total. The van der Waals surface area contributed by atoms with Crippen LogP contribution in [0, 0.1) is 17.2 Å². The van der Waals surface area contributed by atoms with Crippen molar-refractivity contribution in [2.75, 3.05) is 7.11 Å². The summed E-state index contributed by atoms with van der Waals surface area (Å²) < 4.78 is 5.30. The van der Waals surface area contributed by atoms with E-state index in [4.69, 9.17) is 15.9 Å². The Balaban J connectivity index is 1.90. The van der Waals surface area contributed by atoms with Gasteiger partial charge in [0.2, 0.25) is 5.78 Å². The summed E-state index contributed by atoms with van der Waals surface area (Å²) >= 11 is 0. The number of carbonyl (C=O) groups excluding carboxylic acids is 2. The summed E-state index contributed by atoms with van der Waals surface area (Å²) in [5.41, 5.74) is 2.87. The maximum Gasteiger partial charge on any atom is 0.254 e. The largest absolute Gasteiger partial charge is 0.511 e. The molecule has 1 fully saturated rings. The summed E-state index contributed by atoms with van der Waals surface area (Å²) in [4.78, 5) is 25.0. The molecular formula is C20H20N2O6. The Labute approximate surface area is 160 Å². The van der Waals surface area contributed by atoms with Crippen LogP contribution in [-0.4, -0.2) is 45.4 Å². The normalized spacial score (nSPS) is 29.2. The lowest BCUT2D eigenvalue weighted by atomic mass is 9.58. The fourth-order valence-corrected chi connectivity index (χ4v) is 4.76. The molecule has 3 atom stereocenters. The minimum Gasteiger partial charge on any atom is -0.511 e. The number of hydrogen-bond acceptors (Lipinski definition) is 7. The molecule has 146 valence electrons. The van der Waals surface area contributed by atoms with E-state index in [-0.39, 0.29) is 30.1 Å². The Morgan fingerprint density at radius 2 is 2.04 bits per heavy atom. The van der Waals surface area contributed by atoms with Crippen LogP contribution >= 0.6 is 0 Å². The van der Waals surface area contributed by atoms with Crippen LogP contribution in [0.3, 0.4) is 0 Å². The lowest BCUT2D eigenvalue weighted by Gasteiger charge is -2.46. The summed E-state index contributed by atoms with van der Waals surface area (Å²) in [5, 5.41) is 40.5. The van der Waals surface area contributed by atoms with Gasteiger partial charge in [-0.25, -0.2) is 0 Å². The minimum absolute atomic E-state index is 0.0192. The molecule has 0 unspecified atom stereocenters. The van der Waals surface area contributed by atoms with Crippen molar-refractivity contribution in [3.05, 3.63) is 46.2 Å². The smallest absolute Gasteiger partial charge is 0.254 e. The molecular weight excluding hydrogens is 364 g/mol. The Kier molecular flexibility index (Phi) is 3.87. The van der Waals surface area contributed by atoms with Gasteiger partial charge in [-0.1, -0.05) is 12.1 Å². The highest BCUT2D eigenvalue weighted by Crippen LogP contribution is 2.51. The quantitative estimate of drug-likeness (QED) is 0.516. The second-order valence-corrected chi connectivity index (χ2v) is 7.45. The molecule has 0 aliphatic heterocycles. The second-order valence-electron chi connectivity index (χ2n) is 7.45. The molecule has 4 rings (SSSR count). The number of Topliss-reactive ketones (excluding diaryl/α,β-unsaturated/α-hetero) is 1. The maximum atomic E-state index is 13.3. The standard InChI is InChI=1S/C20H20N2O6/c1-28-12-4-2-3-8-5-9-6-10-7-11(23)15(19(22)26)17(21)20(10,27)18(25)14(9)16(24)13(8)12/h2-4,9-10,21,23-24,27H,5-7H2,1H3,(H2,22,26)/t9-,10-,20+/m0/s1. The third-order valence-electron chi connectivity index (χ3n) is 6.06. The van der Waals surface area contributed by atoms with Crippen LogP contribution in [0.1, 0.15) is 24.0 Å². The molecule has 8 nitrogen and oxygen atoms in total. The predicted molar refractivity (Wildman–Crippen MR) is 99.0 cm³/mol. The van der Waals surface area contributed by atoms with Crippen molar-refractivity contribution in [2.24, 2.45) is 17.6 Å². The van der Waals surface area contributed by atoms with Crippen LogP contribution in [0.2, 0.25) is 0 Å². The molecule has 0 bridgehead atoms. The number of benzene rings is 1. The number of hydrogen-bond donors (Lipinski definition) is 5. The number of aliphatic hydroxyl groups excluding tert-OH is 2. The maximum absolute atomic E-state index is 13.3. The van der Waals surface area contributed by atoms with E-state index in [9.17, 15) is 24.9 Å². The number of primary amides is 1. The zero-order valence-electron chi connectivity index (χ0n) is 15.2. The van der Waals surface area contributed by atoms with E-state index in [2.05, 4.69) is 0 Å². The first-order valence-corrected chi connectivity index (χ1v) is 8.89. The van der Waals surface area contributed by atoms with Crippen molar-refractivity contribution in [3.63, 3.8) is 0 Å². The number of carbonyl (C=O) groups is 2. The summed E-state index contributed by atoms with van der Waals surface area (Å²) in [6, 6.07) is 5.29. The zero-order valence-corrected chi connectivity index (χ0v) is 15.2. The first-order valence-electron chi connectivity index (χ1n) is 8.89. The van der Waals surface area contributed by atoms with Gasteiger partial charge in [0, 0.05) is 17.9 Å². The van der Waals surface area contributed by atoms with Gasteiger partial charge >= 0.3 is 0 Å². The number of allylic oxidation sites excluding steroid dienone is 1. The number of methoxy groups -OCH3 is 1. The highest BCUT2D eigenvalue weighted by molar-refractivity contribution is 6.33. The summed E-state index contributed by atoms with van der Waals surface area (Å²) in [7, 11) is 1.45. The van der Waals surface area contributed by atoms with E-state index in [1.807, 2.05) is 6.07 Å². The lowest BCUT2D eigenvalue weighted by molar-refractivity contribution is -0.136. The third kappa shape index (κ3) is 2.18. The highest BCUT2D eigenvalue weighted by atomic mass is 16.5. The van der Waals surface area contributed by atoms with Crippen molar-refractivity contribution in [3.8, 4) is 5.75 Å². The number of nitrogens with one attached hydrogen (secondary N) is 1. The molecule has 0 radical (unpaired) electrons. The molecule has 1 amide bonds. The predicted octanol–water partition coefficient (Wildman–Crippen LogP) is 1.18. The van der Waals surface area contributed by atoms with Crippen LogP contribution in [0.4, 0.5) is 0 Å². The SMILES string of the molecule is COc1cccc2c1C(O)=C1C(=O)[C@]3(O)C(=N)C(C(N)=O)=C(O)C[C@@H]3C[C@@H]1C2. The molecule has 0 aromatic heterocycles. The van der Waals surface area contributed by atoms with Crippen LogP contribution in [0.15, 0.2) is 35.1 Å². The molecule has 1 aromatic carbocycles. The van der Waals surface area contributed by atoms with Crippen LogP contribution in [0.25, 0.3) is 5.76 Å². The van der Waals surface area contributed by atoms with Gasteiger partial charge in [-0.2, -0.15) is 0 Å². The van der Waals surface area contributed by atoms with Crippen molar-refractivity contribution >= 4 is 23.2 Å². The van der Waals surface area contributed by atoms with E-state index in [0.717, 1.165) is 5.56 Å². The Morgan fingerprint density at radius 1 is 1.32 bits per heavy atom. The summed E-state index contributed by atoms with van der Waals surface area (Å²) in [6.45, 7) is 0. The number of amides is 1. The fourth-order valence-electron chi connectivity index (χ4n) is 4.76. The molecule has 0 spiro atoms. The number of fused-ring (bicyclic) bond motifs is 3. The first kappa shape index (κ1) is 18.2. The molecule has 28 heavy (non-hydrogen) atoms. The molecule has 0 heterocycles. The fraction of sp³-hybridized carbons (Fsp3) is 0.350. The van der Waals surface area contributed by atoms with Crippen molar-refractivity contribution in [1.29, 1.82) is 5.41 Å². The number of ether oxygens (including phenoxy) is 1. The monoisotopic (exact) mass is 384 g/mol. The molecule has 3 aliphatic rings. The third-order valence-corrected chi connectivity index (χ3v) is 6.06. The van der Waals surface area contributed by atoms with E-state index < -0.39 is 40.3 Å². The number of aliphatic hydroxyl groups is 3. The number of rotatable bonds is 2. The molecule has 0 saturated heterocycles. The van der Waals surface area contributed by atoms with E-state index in [0.29, 0.717) is 17.7 Å². The van der Waals surface area contributed by atoms with Gasteiger partial charge in [0.1, 0.15) is 22.8 Å². The molecule has 1 saturated carbocycles. The van der Waals surface area contributed by atoms with E-state index in [1.54, 1.807) is 12.1 Å². The summed E-state index contributed by atoms with van der Waals surface area (Å²) in [5.74, 6) is -3.37. The minimum atomic E-state index is -2.32. The van der Waals surface area contributed by atoms with Crippen molar-refractivity contribution < 1.29 is 29.6 Å². The van der Waals surface area contributed by atoms with Gasteiger partial charge in [0.15, 0.2) is 5.60 Å². The average molecular weight is 384 g/mol. The van der Waals surface area contributed by atoms with Crippen LogP contribution < -0.4 is 10.5 Å². The number of nitrogens with two attached hydrogens (primary N) is 1. The van der Waals surface area contributed by atoms with Crippen molar-refractivity contribution in [1.82, 2.24) is 0 Å². The average Bonchev–Trinajstić information content (AvgIpc) is 2.64. The molecule has 1 aromatic rings. The Bertz CT molecular complexity index is 1010. The van der Waals surface area contributed by atoms with Gasteiger partial charge in [-0.05, 0) is 30.4 Å². The summed E-state index contributed by atoms with van der Waals surface area (Å²) in [6.07, 6.45) is 0.569. The van der Waals surface area contributed by atoms with Gasteiger partial charge in [0.05, 0.1) is 18.4 Å². The van der Waals surface area contributed by atoms with Crippen LogP contribution in [-0.2, 0) is 16.0 Å². The Morgan fingerprint density at radius 3 is 2.68 bits per heavy atom. The van der Waals surface area contributed by atoms with Gasteiger partial charge in [-0.3, -0.25) is 9.59 Å². The van der Waals surface area contributed by atoms with Gasteiger partial charge < -0.3 is 31.2 Å². The second kappa shape index (κ2) is 5.93. The van der Waals surface area contributed by atoms with Gasteiger partial charge in [-0.15, -0.1) is 0 Å². The van der Waals surface area contributed by atoms with E-state index in [1.165, 1.54) is 7.11 Å². The topological polar surface area (TPSA) is 154 Å².